The van der Waals surface area contributed by atoms with Crippen LogP contribution in [-0.4, -0.2) is 0 Å². The summed E-state index contributed by atoms with van der Waals surface area (Å²) >= 11 is 0. The summed E-state index contributed by atoms with van der Waals surface area (Å²) in [6.07, 6.45) is 1.84. The lowest BCUT2D eigenvalue weighted by molar-refractivity contribution is 0.623. The van der Waals surface area contributed by atoms with Crippen LogP contribution in [0.3, 0.4) is 0 Å². The Kier molecular flexibility index (Phi) is 2.65. The zero-order valence-corrected chi connectivity index (χ0v) is 6.71. The van der Waals surface area contributed by atoms with Crippen LogP contribution in [0.1, 0.15) is 18.5 Å². The third kappa shape index (κ3) is 1.96. The van der Waals surface area contributed by atoms with Crippen molar-refractivity contribution >= 4 is 0 Å². The molecule has 1 aromatic carbocycles. The van der Waals surface area contributed by atoms with Crippen LogP contribution in [-0.2, 0) is 0 Å². The SMILES string of the molecule is CC(NC#N)c1ccc(F)cc1. The van der Waals surface area contributed by atoms with E-state index in [0.717, 1.165) is 5.56 Å². The molecule has 0 saturated heterocycles. The Morgan fingerprint density at radius 1 is 1.42 bits per heavy atom. The van der Waals surface area contributed by atoms with Gasteiger partial charge in [0.05, 0.1) is 6.04 Å². The molecule has 0 aliphatic carbocycles. The van der Waals surface area contributed by atoms with E-state index in [4.69, 9.17) is 5.26 Å². The minimum Gasteiger partial charge on any atom is -0.317 e. The van der Waals surface area contributed by atoms with Gasteiger partial charge in [0.1, 0.15) is 5.82 Å². The average Bonchev–Trinajstić information content (AvgIpc) is 2.06. The molecule has 1 N–H and O–H groups in total. The van der Waals surface area contributed by atoms with Crippen molar-refractivity contribution in [1.29, 1.82) is 5.26 Å². The second-order valence-corrected chi connectivity index (χ2v) is 2.53. The van der Waals surface area contributed by atoms with Crippen molar-refractivity contribution in [2.75, 3.05) is 0 Å². The molecule has 0 radical (unpaired) electrons. The Labute approximate surface area is 70.6 Å². The molecule has 0 bridgehead atoms. The molecule has 1 rings (SSSR count). The number of rotatable bonds is 2. The Balaban J connectivity index is 2.76. The van der Waals surface area contributed by atoms with Gasteiger partial charge in [0, 0.05) is 0 Å². The maximum Gasteiger partial charge on any atom is 0.177 e. The van der Waals surface area contributed by atoms with Crippen molar-refractivity contribution in [3.63, 3.8) is 0 Å². The molecule has 1 unspecified atom stereocenters. The molecule has 0 amide bonds. The zero-order chi connectivity index (χ0) is 8.97. The van der Waals surface area contributed by atoms with Gasteiger partial charge in [0.2, 0.25) is 0 Å². The van der Waals surface area contributed by atoms with Crippen molar-refractivity contribution in [1.82, 2.24) is 5.32 Å². The molecule has 0 aliphatic rings. The lowest BCUT2D eigenvalue weighted by Gasteiger charge is -2.08. The lowest BCUT2D eigenvalue weighted by atomic mass is 10.1. The number of hydrogen-bond donors (Lipinski definition) is 1. The van der Waals surface area contributed by atoms with Crippen LogP contribution in [0.2, 0.25) is 0 Å². The second-order valence-electron chi connectivity index (χ2n) is 2.53. The van der Waals surface area contributed by atoms with E-state index in [-0.39, 0.29) is 11.9 Å². The van der Waals surface area contributed by atoms with Crippen LogP contribution in [0, 0.1) is 17.3 Å². The summed E-state index contributed by atoms with van der Waals surface area (Å²) in [5.74, 6) is -0.261. The van der Waals surface area contributed by atoms with Crippen LogP contribution in [0.5, 0.6) is 0 Å². The summed E-state index contributed by atoms with van der Waals surface area (Å²) in [5, 5.41) is 10.9. The highest BCUT2D eigenvalue weighted by Gasteiger charge is 2.02. The highest BCUT2D eigenvalue weighted by Crippen LogP contribution is 2.11. The molecule has 0 aliphatic heterocycles. The van der Waals surface area contributed by atoms with Gasteiger partial charge in [-0.1, -0.05) is 12.1 Å². The van der Waals surface area contributed by atoms with E-state index in [9.17, 15) is 4.39 Å². The number of halogens is 1. The van der Waals surface area contributed by atoms with Crippen molar-refractivity contribution < 1.29 is 4.39 Å². The minimum absolute atomic E-state index is 0.0596. The molecule has 0 heterocycles. The van der Waals surface area contributed by atoms with Crippen molar-refractivity contribution in [3.05, 3.63) is 35.6 Å². The third-order valence-electron chi connectivity index (χ3n) is 1.65. The number of hydrogen-bond acceptors (Lipinski definition) is 2. The van der Waals surface area contributed by atoms with Crippen LogP contribution in [0.25, 0.3) is 0 Å². The number of benzene rings is 1. The van der Waals surface area contributed by atoms with Crippen LogP contribution in [0.15, 0.2) is 24.3 Å². The molecule has 62 valence electrons. The van der Waals surface area contributed by atoms with E-state index in [1.165, 1.54) is 12.1 Å². The Morgan fingerprint density at radius 2 is 2.00 bits per heavy atom. The average molecular weight is 164 g/mol. The smallest absolute Gasteiger partial charge is 0.177 e. The second kappa shape index (κ2) is 3.72. The molecule has 0 saturated carbocycles. The molecule has 0 aromatic heterocycles. The van der Waals surface area contributed by atoms with Gasteiger partial charge < -0.3 is 5.32 Å². The van der Waals surface area contributed by atoms with Gasteiger partial charge in [0.15, 0.2) is 6.19 Å². The van der Waals surface area contributed by atoms with Gasteiger partial charge in [0.25, 0.3) is 0 Å². The summed E-state index contributed by atoms with van der Waals surface area (Å²) in [5.41, 5.74) is 0.901. The molecule has 2 nitrogen and oxygen atoms in total. The number of nitrogens with one attached hydrogen (secondary N) is 1. The first kappa shape index (κ1) is 8.54. The van der Waals surface area contributed by atoms with E-state index >= 15 is 0 Å². The molecule has 0 spiro atoms. The molecule has 12 heavy (non-hydrogen) atoms. The lowest BCUT2D eigenvalue weighted by Crippen LogP contribution is -2.11. The molecule has 3 heteroatoms. The molecular weight excluding hydrogens is 155 g/mol. The fraction of sp³-hybridized carbons (Fsp3) is 0.222. The normalized spacial score (nSPS) is 11.8. The largest absolute Gasteiger partial charge is 0.317 e. The first-order valence-electron chi connectivity index (χ1n) is 3.64. The van der Waals surface area contributed by atoms with E-state index in [1.54, 1.807) is 12.1 Å². The first-order chi connectivity index (χ1) is 5.74. The Morgan fingerprint density at radius 3 is 2.50 bits per heavy atom. The highest BCUT2D eigenvalue weighted by molar-refractivity contribution is 5.19. The van der Waals surface area contributed by atoms with Crippen LogP contribution in [0.4, 0.5) is 4.39 Å². The molecule has 1 atom stereocenters. The molecule has 0 fully saturated rings. The summed E-state index contributed by atoms with van der Waals surface area (Å²) < 4.78 is 12.5. The van der Waals surface area contributed by atoms with Gasteiger partial charge in [-0.05, 0) is 24.6 Å². The zero-order valence-electron chi connectivity index (χ0n) is 6.71. The van der Waals surface area contributed by atoms with Crippen molar-refractivity contribution in [2.24, 2.45) is 0 Å². The standard InChI is InChI=1S/C9H9FN2/c1-7(12-6-11)8-2-4-9(10)5-3-8/h2-5,7,12H,1H3. The number of nitriles is 1. The molecule has 1 aromatic rings. The molecular formula is C9H9FN2. The van der Waals surface area contributed by atoms with Crippen molar-refractivity contribution in [2.45, 2.75) is 13.0 Å². The van der Waals surface area contributed by atoms with Gasteiger partial charge in [-0.3, -0.25) is 0 Å². The van der Waals surface area contributed by atoms with Gasteiger partial charge in [-0.25, -0.2) is 4.39 Å². The maximum absolute atomic E-state index is 12.5. The van der Waals surface area contributed by atoms with Crippen molar-refractivity contribution in [3.8, 4) is 6.19 Å². The van der Waals surface area contributed by atoms with E-state index in [2.05, 4.69) is 5.32 Å². The number of nitrogens with zero attached hydrogens (tertiary/aromatic N) is 1. The fourth-order valence-corrected chi connectivity index (χ4v) is 0.932. The topological polar surface area (TPSA) is 35.8 Å². The predicted octanol–water partition coefficient (Wildman–Crippen LogP) is 1.96. The van der Waals surface area contributed by atoms with Gasteiger partial charge >= 0.3 is 0 Å². The quantitative estimate of drug-likeness (QED) is 0.535. The fourth-order valence-electron chi connectivity index (χ4n) is 0.932. The summed E-state index contributed by atoms with van der Waals surface area (Å²) in [7, 11) is 0. The van der Waals surface area contributed by atoms with E-state index in [1.807, 2.05) is 13.1 Å². The third-order valence-corrected chi connectivity index (χ3v) is 1.65. The van der Waals surface area contributed by atoms with Gasteiger partial charge in [-0.2, -0.15) is 5.26 Å². The minimum atomic E-state index is -0.261. The van der Waals surface area contributed by atoms with Crippen LogP contribution >= 0.6 is 0 Å². The van der Waals surface area contributed by atoms with Gasteiger partial charge in [-0.15, -0.1) is 0 Å². The summed E-state index contributed by atoms with van der Waals surface area (Å²) in [6, 6.07) is 6.01. The highest BCUT2D eigenvalue weighted by atomic mass is 19.1. The Bertz CT molecular complexity index is 286. The summed E-state index contributed by atoms with van der Waals surface area (Å²) in [6.45, 7) is 1.84. The summed E-state index contributed by atoms with van der Waals surface area (Å²) in [4.78, 5) is 0. The Hall–Kier alpha value is -1.56. The first-order valence-corrected chi connectivity index (χ1v) is 3.64. The van der Waals surface area contributed by atoms with E-state index < -0.39 is 0 Å². The van der Waals surface area contributed by atoms with Crippen LogP contribution < -0.4 is 5.32 Å². The monoisotopic (exact) mass is 164 g/mol. The van der Waals surface area contributed by atoms with E-state index in [0.29, 0.717) is 0 Å². The predicted molar refractivity (Wildman–Crippen MR) is 43.6 cm³/mol. The maximum atomic E-state index is 12.5.